The Hall–Kier alpha value is -1.95. The van der Waals surface area contributed by atoms with Crippen LogP contribution in [-0.2, 0) is 28.3 Å². The highest BCUT2D eigenvalue weighted by atomic mass is 31.3. The van der Waals surface area contributed by atoms with E-state index in [-0.39, 0.29) is 17.9 Å². The first-order valence-electron chi connectivity index (χ1n) is 8.19. The molecule has 2 fully saturated rings. The van der Waals surface area contributed by atoms with Crippen molar-refractivity contribution in [2.45, 2.75) is 35.9 Å². The van der Waals surface area contributed by atoms with E-state index < -0.39 is 45.2 Å². The number of phosphoric ester groups is 1. The third-order valence-corrected chi connectivity index (χ3v) is 7.15. The summed E-state index contributed by atoms with van der Waals surface area (Å²) in [6.45, 7) is 0. The molecule has 1 aliphatic heterocycles. The zero-order chi connectivity index (χ0) is 22.1. The van der Waals surface area contributed by atoms with Crippen LogP contribution in [0.4, 0.5) is 5.82 Å². The first-order valence-corrected chi connectivity index (χ1v) is 11.2. The fourth-order valence-electron chi connectivity index (χ4n) is 3.58. The lowest BCUT2D eigenvalue weighted by Crippen LogP contribution is -2.41. The van der Waals surface area contributed by atoms with Gasteiger partial charge in [-0.05, 0) is 12.1 Å². The van der Waals surface area contributed by atoms with Gasteiger partial charge in [0, 0.05) is 6.42 Å². The van der Waals surface area contributed by atoms with E-state index in [1.807, 2.05) is 0 Å². The van der Waals surface area contributed by atoms with Crippen LogP contribution < -0.4 is 5.73 Å². The van der Waals surface area contributed by atoms with Gasteiger partial charge in [0.15, 0.2) is 5.82 Å². The van der Waals surface area contributed by atoms with Gasteiger partial charge in [0.1, 0.15) is 41.8 Å². The Morgan fingerprint density at radius 2 is 2.00 bits per heavy atom. The molecule has 0 radical (unpaired) electrons. The molecule has 15 nitrogen and oxygen atoms in total. The van der Waals surface area contributed by atoms with Crippen LogP contribution in [0.25, 0.3) is 5.52 Å². The van der Waals surface area contributed by atoms with Crippen molar-refractivity contribution in [3.05, 3.63) is 24.2 Å². The van der Waals surface area contributed by atoms with Gasteiger partial charge >= 0.3 is 15.6 Å². The summed E-state index contributed by atoms with van der Waals surface area (Å²) >= 11 is 0. The minimum Gasteiger partial charge on any atom is -0.387 e. The molecule has 1 saturated heterocycles. The number of nitrogen functional groups attached to an aromatic ring is 1. The lowest BCUT2D eigenvalue weighted by molar-refractivity contribution is -0.0750. The summed E-state index contributed by atoms with van der Waals surface area (Å²) in [4.78, 5) is 30.7. The van der Waals surface area contributed by atoms with Crippen molar-refractivity contribution < 1.29 is 47.6 Å². The number of hydrogen-bond donors (Lipinski definition) is 6. The number of hydrogen-bond acceptors (Lipinski definition) is 11. The van der Waals surface area contributed by atoms with Gasteiger partial charge in [0.05, 0.1) is 5.69 Å². The van der Waals surface area contributed by atoms with Crippen LogP contribution in [0.3, 0.4) is 0 Å². The van der Waals surface area contributed by atoms with E-state index in [9.17, 15) is 29.5 Å². The lowest BCUT2D eigenvalue weighted by atomic mass is 9.92. The average Bonchev–Trinajstić information content (AvgIpc) is 3.01. The molecule has 30 heavy (non-hydrogen) atoms. The lowest BCUT2D eigenvalue weighted by Gasteiger charge is -2.24. The van der Waals surface area contributed by atoms with Crippen molar-refractivity contribution in [2.75, 3.05) is 5.73 Å². The second kappa shape index (κ2) is 6.52. The molecular formula is C13H15N5O10P2. The SMILES string of the molecule is N#C[C@@]1(c2ccc3c(N)ncnn23)OC2(C[C@H]2OP(=O)(O)OP(=O)(O)O)[C@@H](O)[C@H]1O. The Kier molecular flexibility index (Phi) is 4.63. The number of rotatable bonds is 5. The van der Waals surface area contributed by atoms with Crippen LogP contribution >= 0.6 is 15.6 Å². The number of aliphatic hydroxyl groups excluding tert-OH is 2. The van der Waals surface area contributed by atoms with Gasteiger partial charge in [0.25, 0.3) is 0 Å². The van der Waals surface area contributed by atoms with E-state index in [0.29, 0.717) is 5.52 Å². The van der Waals surface area contributed by atoms with E-state index in [1.165, 1.54) is 16.6 Å². The summed E-state index contributed by atoms with van der Waals surface area (Å²) in [5.41, 5.74) is 2.07. The smallest absolute Gasteiger partial charge is 0.387 e. The third kappa shape index (κ3) is 3.15. The topological polar surface area (TPSA) is 243 Å². The van der Waals surface area contributed by atoms with Gasteiger partial charge < -0.3 is 35.4 Å². The first kappa shape index (κ1) is 21.3. The summed E-state index contributed by atoms with van der Waals surface area (Å²) in [6.07, 6.45) is -4.18. The van der Waals surface area contributed by atoms with E-state index in [0.717, 1.165) is 6.33 Å². The Balaban J connectivity index is 1.68. The summed E-state index contributed by atoms with van der Waals surface area (Å²) < 4.78 is 37.9. The van der Waals surface area contributed by atoms with Crippen molar-refractivity contribution in [1.29, 1.82) is 5.26 Å². The van der Waals surface area contributed by atoms with Crippen LogP contribution in [0.2, 0.25) is 0 Å². The van der Waals surface area contributed by atoms with E-state index >= 15 is 0 Å². The molecule has 3 heterocycles. The van der Waals surface area contributed by atoms with Gasteiger partial charge in [-0.1, -0.05) is 0 Å². The zero-order valence-corrected chi connectivity index (χ0v) is 16.5. The summed E-state index contributed by atoms with van der Waals surface area (Å²) in [6, 6.07) is 4.64. The summed E-state index contributed by atoms with van der Waals surface area (Å²) in [5.74, 6) is 0.0792. The van der Waals surface area contributed by atoms with Crippen molar-refractivity contribution in [2.24, 2.45) is 0 Å². The molecule has 6 atom stereocenters. The van der Waals surface area contributed by atoms with Crippen LogP contribution in [0.1, 0.15) is 12.1 Å². The highest BCUT2D eigenvalue weighted by Gasteiger charge is 2.76. The normalized spacial score (nSPS) is 35.4. The van der Waals surface area contributed by atoms with Crippen LogP contribution in [-0.4, -0.2) is 63.4 Å². The molecule has 1 saturated carbocycles. The molecule has 0 aromatic carbocycles. The van der Waals surface area contributed by atoms with E-state index in [2.05, 4.69) is 18.9 Å². The average molecular weight is 463 g/mol. The van der Waals surface area contributed by atoms with Gasteiger partial charge in [-0.15, -0.1) is 0 Å². The van der Waals surface area contributed by atoms with Gasteiger partial charge in [-0.25, -0.2) is 18.6 Å². The number of fused-ring (bicyclic) bond motifs is 1. The minimum absolute atomic E-state index is 0.00169. The second-order valence-corrected chi connectivity index (χ2v) is 9.58. The zero-order valence-electron chi connectivity index (χ0n) is 14.7. The maximum absolute atomic E-state index is 11.8. The standard InChI is InChI=1S/C13H15N5O10P2/c14-4-13(7-2-1-6-11(15)16-5-17-18(6)7)10(20)9(19)12(27-13)3-8(12)26-30(24,25)28-29(21,22)23/h1-2,5,8-10,19-20H,3H2,(H,24,25)(H2,15,16,17)(H2,21,22,23)/t8-,9+,10-,12?,13+/m1/s1. The molecule has 1 spiro atoms. The Morgan fingerprint density at radius 3 is 2.63 bits per heavy atom. The Morgan fingerprint density at radius 1 is 1.30 bits per heavy atom. The number of anilines is 1. The Bertz CT molecular complexity index is 1160. The maximum Gasteiger partial charge on any atom is 0.481 e. The molecule has 4 rings (SSSR count). The fraction of sp³-hybridized carbons (Fsp3) is 0.462. The highest BCUT2D eigenvalue weighted by molar-refractivity contribution is 7.60. The predicted molar refractivity (Wildman–Crippen MR) is 93.0 cm³/mol. The quantitative estimate of drug-likeness (QED) is 0.277. The van der Waals surface area contributed by atoms with Gasteiger partial charge in [-0.3, -0.25) is 4.52 Å². The van der Waals surface area contributed by atoms with Crippen LogP contribution in [0.15, 0.2) is 18.5 Å². The molecule has 2 aliphatic rings. The number of nitrogens with two attached hydrogens (primary N) is 1. The maximum atomic E-state index is 11.8. The van der Waals surface area contributed by atoms with E-state index in [1.54, 1.807) is 6.07 Å². The summed E-state index contributed by atoms with van der Waals surface area (Å²) in [7, 11) is -10.6. The molecule has 2 aromatic rings. The van der Waals surface area contributed by atoms with Crippen molar-refractivity contribution in [3.8, 4) is 6.07 Å². The number of nitriles is 1. The number of ether oxygens (including phenoxy) is 1. The molecule has 162 valence electrons. The largest absolute Gasteiger partial charge is 0.481 e. The van der Waals surface area contributed by atoms with Crippen molar-refractivity contribution in [3.63, 3.8) is 0 Å². The molecule has 0 amide bonds. The van der Waals surface area contributed by atoms with E-state index in [4.69, 9.17) is 20.3 Å². The van der Waals surface area contributed by atoms with Gasteiger partial charge in [0.2, 0.25) is 5.60 Å². The molecule has 1 aliphatic carbocycles. The number of aromatic nitrogens is 3. The molecular weight excluding hydrogens is 448 g/mol. The molecule has 17 heteroatoms. The second-order valence-electron chi connectivity index (χ2n) is 6.79. The predicted octanol–water partition coefficient (Wildman–Crippen LogP) is -1.48. The van der Waals surface area contributed by atoms with Crippen LogP contribution in [0, 0.1) is 11.3 Å². The Labute approximate surface area is 167 Å². The first-order chi connectivity index (χ1) is 13.9. The number of nitrogens with zero attached hydrogens (tertiary/aromatic N) is 4. The molecule has 7 N–H and O–H groups in total. The highest BCUT2D eigenvalue weighted by Crippen LogP contribution is 2.65. The molecule has 2 unspecified atom stereocenters. The van der Waals surface area contributed by atoms with Crippen molar-refractivity contribution >= 4 is 27.0 Å². The molecule has 2 aromatic heterocycles. The number of phosphoric acid groups is 2. The minimum atomic E-state index is -5.36. The van der Waals surface area contributed by atoms with Crippen molar-refractivity contribution in [1.82, 2.24) is 14.6 Å². The van der Waals surface area contributed by atoms with Crippen LogP contribution in [0.5, 0.6) is 0 Å². The number of aliphatic hydroxyl groups is 2. The molecule has 0 bridgehead atoms. The summed E-state index contributed by atoms with van der Waals surface area (Å²) in [5, 5.41) is 35.0. The third-order valence-electron chi connectivity index (χ3n) is 4.95. The fourth-order valence-corrected chi connectivity index (χ4v) is 5.39. The van der Waals surface area contributed by atoms with Gasteiger partial charge in [-0.2, -0.15) is 14.7 Å². The monoisotopic (exact) mass is 463 g/mol.